The van der Waals surface area contributed by atoms with Crippen LogP contribution in [-0.4, -0.2) is 5.78 Å². The van der Waals surface area contributed by atoms with Crippen LogP contribution in [0.15, 0.2) is 0 Å². The third kappa shape index (κ3) is 1.64. The highest BCUT2D eigenvalue weighted by Gasteiger charge is 2.44. The number of carbonyl (C=O) groups excluding carboxylic acids is 1. The molecule has 0 aromatic carbocycles. The Hall–Kier alpha value is -0.330. The molecule has 5 atom stereocenters. The Morgan fingerprint density at radius 1 is 1.00 bits per heavy atom. The van der Waals surface area contributed by atoms with E-state index in [1.54, 1.807) is 0 Å². The maximum atomic E-state index is 11.5. The topological polar surface area (TPSA) is 17.1 Å². The molecule has 0 amide bonds. The molecule has 3 saturated carbocycles. The Balaban J connectivity index is 1.66. The van der Waals surface area contributed by atoms with Crippen molar-refractivity contribution in [3.05, 3.63) is 0 Å². The zero-order valence-electron chi connectivity index (χ0n) is 9.74. The van der Waals surface area contributed by atoms with Gasteiger partial charge in [-0.15, -0.1) is 0 Å². The maximum Gasteiger partial charge on any atom is 0.135 e. The van der Waals surface area contributed by atoms with E-state index < -0.39 is 0 Å². The van der Waals surface area contributed by atoms with Crippen LogP contribution in [-0.2, 0) is 4.79 Å². The van der Waals surface area contributed by atoms with Crippen molar-refractivity contribution in [3.63, 3.8) is 0 Å². The minimum Gasteiger partial charge on any atom is -0.299 e. The standard InChI is InChI=1S/C14H22O/c1-9-6-11(4-5-14(9)15)13-8-10-2-3-12(13)7-10/h9-13H,2-8H2,1H3. The Morgan fingerprint density at radius 3 is 2.40 bits per heavy atom. The molecule has 84 valence electrons. The van der Waals surface area contributed by atoms with Crippen molar-refractivity contribution < 1.29 is 4.79 Å². The lowest BCUT2D eigenvalue weighted by atomic mass is 9.70. The van der Waals surface area contributed by atoms with Gasteiger partial charge < -0.3 is 0 Å². The van der Waals surface area contributed by atoms with Gasteiger partial charge in [0.2, 0.25) is 0 Å². The van der Waals surface area contributed by atoms with Gasteiger partial charge in [-0.2, -0.15) is 0 Å². The van der Waals surface area contributed by atoms with Crippen LogP contribution in [0.1, 0.15) is 51.9 Å². The van der Waals surface area contributed by atoms with Crippen molar-refractivity contribution in [2.24, 2.45) is 29.6 Å². The van der Waals surface area contributed by atoms with E-state index in [1.807, 2.05) is 0 Å². The highest BCUT2D eigenvalue weighted by molar-refractivity contribution is 5.81. The number of Topliss-reactive ketones (excluding diaryl/α,β-unsaturated/α-hetero) is 1. The van der Waals surface area contributed by atoms with Gasteiger partial charge in [0.05, 0.1) is 0 Å². The van der Waals surface area contributed by atoms with E-state index in [-0.39, 0.29) is 0 Å². The summed E-state index contributed by atoms with van der Waals surface area (Å²) in [6.45, 7) is 2.14. The van der Waals surface area contributed by atoms with Crippen LogP contribution in [0.25, 0.3) is 0 Å². The van der Waals surface area contributed by atoms with E-state index in [1.165, 1.54) is 38.5 Å². The molecule has 0 saturated heterocycles. The highest BCUT2D eigenvalue weighted by Crippen LogP contribution is 2.53. The van der Waals surface area contributed by atoms with Gasteiger partial charge in [-0.1, -0.05) is 13.3 Å². The first-order valence-electron chi connectivity index (χ1n) is 6.76. The maximum absolute atomic E-state index is 11.5. The van der Waals surface area contributed by atoms with Gasteiger partial charge in [0, 0.05) is 12.3 Å². The molecular formula is C14H22O. The monoisotopic (exact) mass is 206 g/mol. The number of hydrogen-bond donors (Lipinski definition) is 0. The van der Waals surface area contributed by atoms with Gasteiger partial charge in [0.25, 0.3) is 0 Å². The summed E-state index contributed by atoms with van der Waals surface area (Å²) >= 11 is 0. The molecular weight excluding hydrogens is 184 g/mol. The summed E-state index contributed by atoms with van der Waals surface area (Å²) in [4.78, 5) is 11.5. The van der Waals surface area contributed by atoms with E-state index in [4.69, 9.17) is 0 Å². The lowest BCUT2D eigenvalue weighted by molar-refractivity contribution is -0.125. The van der Waals surface area contributed by atoms with Gasteiger partial charge in [-0.3, -0.25) is 4.79 Å². The van der Waals surface area contributed by atoms with Crippen LogP contribution in [0.4, 0.5) is 0 Å². The molecule has 0 aliphatic heterocycles. The summed E-state index contributed by atoms with van der Waals surface area (Å²) in [6.07, 6.45) is 9.29. The Kier molecular flexibility index (Phi) is 2.37. The molecule has 3 fully saturated rings. The molecule has 3 aliphatic rings. The average molecular weight is 206 g/mol. The summed E-state index contributed by atoms with van der Waals surface area (Å²) in [5, 5.41) is 0. The zero-order valence-corrected chi connectivity index (χ0v) is 9.74. The quantitative estimate of drug-likeness (QED) is 0.642. The summed E-state index contributed by atoms with van der Waals surface area (Å²) in [7, 11) is 0. The van der Waals surface area contributed by atoms with Crippen LogP contribution in [0.2, 0.25) is 0 Å². The fourth-order valence-corrected chi connectivity index (χ4v) is 4.54. The number of ketones is 1. The number of hydrogen-bond acceptors (Lipinski definition) is 1. The van der Waals surface area contributed by atoms with E-state index in [2.05, 4.69) is 6.92 Å². The fourth-order valence-electron chi connectivity index (χ4n) is 4.54. The van der Waals surface area contributed by atoms with Gasteiger partial charge in [-0.05, 0) is 55.8 Å². The van der Waals surface area contributed by atoms with E-state index in [0.717, 1.165) is 30.1 Å². The molecule has 5 unspecified atom stereocenters. The number of rotatable bonds is 1. The average Bonchev–Trinajstić information content (AvgIpc) is 2.83. The highest BCUT2D eigenvalue weighted by atomic mass is 16.1. The fraction of sp³-hybridized carbons (Fsp3) is 0.929. The molecule has 3 rings (SSSR count). The molecule has 0 N–H and O–H groups in total. The summed E-state index contributed by atoms with van der Waals surface area (Å²) in [5.74, 6) is 4.89. The lowest BCUT2D eigenvalue weighted by Crippen LogP contribution is -2.30. The SMILES string of the molecule is CC1CC(C2CC3CCC2C3)CCC1=O. The smallest absolute Gasteiger partial charge is 0.135 e. The van der Waals surface area contributed by atoms with Crippen molar-refractivity contribution in [3.8, 4) is 0 Å². The van der Waals surface area contributed by atoms with Crippen molar-refractivity contribution in [1.29, 1.82) is 0 Å². The Bertz CT molecular complexity index is 271. The predicted molar refractivity (Wildman–Crippen MR) is 60.5 cm³/mol. The molecule has 3 aliphatic carbocycles. The normalized spacial score (nSPS) is 49.9. The zero-order chi connectivity index (χ0) is 10.4. The molecule has 0 radical (unpaired) electrons. The summed E-state index contributed by atoms with van der Waals surface area (Å²) < 4.78 is 0. The molecule has 1 heteroatoms. The van der Waals surface area contributed by atoms with E-state index >= 15 is 0 Å². The van der Waals surface area contributed by atoms with Gasteiger partial charge in [0.1, 0.15) is 5.78 Å². The second-order valence-corrected chi connectivity index (χ2v) is 6.24. The molecule has 1 nitrogen and oxygen atoms in total. The largest absolute Gasteiger partial charge is 0.299 e. The van der Waals surface area contributed by atoms with Crippen molar-refractivity contribution in [1.82, 2.24) is 0 Å². The van der Waals surface area contributed by atoms with E-state index in [0.29, 0.717) is 11.7 Å². The molecule has 0 aromatic heterocycles. The Labute approximate surface area is 92.6 Å². The van der Waals surface area contributed by atoms with Crippen molar-refractivity contribution in [2.75, 3.05) is 0 Å². The number of fused-ring (bicyclic) bond motifs is 2. The van der Waals surface area contributed by atoms with Crippen LogP contribution in [0, 0.1) is 29.6 Å². The summed E-state index contributed by atoms with van der Waals surface area (Å²) in [5.41, 5.74) is 0. The molecule has 2 bridgehead atoms. The van der Waals surface area contributed by atoms with Crippen LogP contribution in [0.5, 0.6) is 0 Å². The third-order valence-corrected chi connectivity index (χ3v) is 5.37. The van der Waals surface area contributed by atoms with Gasteiger partial charge in [0.15, 0.2) is 0 Å². The first-order chi connectivity index (χ1) is 7.24. The minimum atomic E-state index is 0.364. The first-order valence-corrected chi connectivity index (χ1v) is 6.76. The van der Waals surface area contributed by atoms with Crippen molar-refractivity contribution in [2.45, 2.75) is 51.9 Å². The number of carbonyl (C=O) groups is 1. The van der Waals surface area contributed by atoms with Crippen LogP contribution < -0.4 is 0 Å². The van der Waals surface area contributed by atoms with Crippen LogP contribution >= 0.6 is 0 Å². The van der Waals surface area contributed by atoms with Gasteiger partial charge in [-0.25, -0.2) is 0 Å². The van der Waals surface area contributed by atoms with Gasteiger partial charge >= 0.3 is 0 Å². The second-order valence-electron chi connectivity index (χ2n) is 6.24. The first kappa shape index (κ1) is 9.86. The minimum absolute atomic E-state index is 0.364. The van der Waals surface area contributed by atoms with Crippen molar-refractivity contribution >= 4 is 5.78 Å². The molecule has 15 heavy (non-hydrogen) atoms. The Morgan fingerprint density at radius 2 is 1.80 bits per heavy atom. The lowest BCUT2D eigenvalue weighted by Gasteiger charge is -2.35. The molecule has 0 aromatic rings. The summed E-state index contributed by atoms with van der Waals surface area (Å²) in [6, 6.07) is 0. The second kappa shape index (κ2) is 3.61. The predicted octanol–water partition coefficient (Wildman–Crippen LogP) is 3.43. The van der Waals surface area contributed by atoms with E-state index in [9.17, 15) is 4.79 Å². The molecule has 0 spiro atoms. The van der Waals surface area contributed by atoms with Crippen LogP contribution in [0.3, 0.4) is 0 Å². The third-order valence-electron chi connectivity index (χ3n) is 5.37. The molecule has 0 heterocycles.